The molecule has 2 nitrogen and oxygen atoms in total. The summed E-state index contributed by atoms with van der Waals surface area (Å²) in [4.78, 5) is 0. The van der Waals surface area contributed by atoms with E-state index in [4.69, 9.17) is 0 Å². The van der Waals surface area contributed by atoms with Crippen LogP contribution in [0.5, 0.6) is 0 Å². The van der Waals surface area contributed by atoms with Gasteiger partial charge in [0.25, 0.3) is 0 Å². The maximum atomic E-state index is 9.80. The lowest BCUT2D eigenvalue weighted by Crippen LogP contribution is -1.90. The third-order valence-electron chi connectivity index (χ3n) is 3.23. The molecule has 2 aromatic rings. The quantitative estimate of drug-likeness (QED) is 0.609. The van der Waals surface area contributed by atoms with Gasteiger partial charge in [0, 0.05) is 24.5 Å². The van der Waals surface area contributed by atoms with E-state index in [0.717, 1.165) is 23.2 Å². The Morgan fingerprint density at radius 3 is 2.70 bits per heavy atom. The molecule has 0 spiro atoms. The minimum absolute atomic E-state index is 0.316. The van der Waals surface area contributed by atoms with Crippen LogP contribution in [-0.4, -0.2) is 9.67 Å². The van der Waals surface area contributed by atoms with Crippen molar-refractivity contribution in [2.75, 3.05) is 0 Å². The highest BCUT2D eigenvalue weighted by Gasteiger charge is 2.03. The van der Waals surface area contributed by atoms with Gasteiger partial charge < -0.3 is 9.67 Å². The third-order valence-corrected chi connectivity index (χ3v) is 3.23. The molecule has 0 aliphatic heterocycles. The number of nitrogens with zero attached hydrogens (tertiary/aromatic N) is 1. The van der Waals surface area contributed by atoms with Crippen LogP contribution in [-0.2, 0) is 6.54 Å². The molecule has 2 heteroatoms. The van der Waals surface area contributed by atoms with Crippen LogP contribution in [0.15, 0.2) is 60.5 Å². The maximum Gasteiger partial charge on any atom is 0.118 e. The lowest BCUT2D eigenvalue weighted by molar-refractivity contribution is 0.511. The lowest BCUT2D eigenvalue weighted by Gasteiger charge is -2.03. The van der Waals surface area contributed by atoms with Crippen molar-refractivity contribution in [1.82, 2.24) is 4.57 Å². The average Bonchev–Trinajstić information content (AvgIpc) is 2.93. The summed E-state index contributed by atoms with van der Waals surface area (Å²) in [7, 11) is 0. The van der Waals surface area contributed by atoms with Crippen molar-refractivity contribution in [1.29, 1.82) is 0 Å². The summed E-state index contributed by atoms with van der Waals surface area (Å²) in [5.74, 6) is 0.316. The molecule has 1 aromatic heterocycles. The van der Waals surface area contributed by atoms with Crippen LogP contribution in [0.4, 0.5) is 0 Å². The van der Waals surface area contributed by atoms with Crippen LogP contribution in [0.1, 0.15) is 26.3 Å². The van der Waals surface area contributed by atoms with Gasteiger partial charge in [0.15, 0.2) is 0 Å². The topological polar surface area (TPSA) is 25.2 Å². The Labute approximate surface area is 120 Å². The molecule has 0 saturated heterocycles. The standard InChI is InChI=1S/C18H21NO/c1-4-18(20)16-7-5-6-15(12-16)17-9-11-19(13-17)10-8-14(2)3/h4-9,11-13,20H,10H2,1-3H3/b18-4-. The van der Waals surface area contributed by atoms with Gasteiger partial charge in [-0.15, -0.1) is 0 Å². The minimum atomic E-state index is 0.316. The van der Waals surface area contributed by atoms with Gasteiger partial charge in [-0.05, 0) is 50.1 Å². The SMILES string of the molecule is C/C=C(\O)c1cccc(-c2ccn(CC=C(C)C)c2)c1. The van der Waals surface area contributed by atoms with Gasteiger partial charge in [-0.3, -0.25) is 0 Å². The van der Waals surface area contributed by atoms with Gasteiger partial charge in [-0.2, -0.15) is 0 Å². The fourth-order valence-corrected chi connectivity index (χ4v) is 2.04. The number of aliphatic hydroxyl groups is 1. The highest BCUT2D eigenvalue weighted by molar-refractivity contribution is 5.69. The molecule has 0 unspecified atom stereocenters. The number of hydrogen-bond donors (Lipinski definition) is 1. The van der Waals surface area contributed by atoms with Crippen molar-refractivity contribution in [3.63, 3.8) is 0 Å². The molecule has 0 amide bonds. The van der Waals surface area contributed by atoms with E-state index in [0.29, 0.717) is 5.76 Å². The van der Waals surface area contributed by atoms with Gasteiger partial charge >= 0.3 is 0 Å². The molecule has 0 bridgehead atoms. The molecule has 1 aromatic carbocycles. The Hall–Kier alpha value is -2.22. The van der Waals surface area contributed by atoms with Gasteiger partial charge in [-0.1, -0.05) is 29.8 Å². The van der Waals surface area contributed by atoms with Gasteiger partial charge in [0.05, 0.1) is 0 Å². The maximum absolute atomic E-state index is 9.80. The number of rotatable bonds is 4. The number of aliphatic hydroxyl groups excluding tert-OH is 1. The zero-order valence-electron chi connectivity index (χ0n) is 12.3. The molecule has 0 radical (unpaired) electrons. The number of allylic oxidation sites excluding steroid dienone is 3. The summed E-state index contributed by atoms with van der Waals surface area (Å²) in [5, 5.41) is 9.80. The number of benzene rings is 1. The molecule has 0 saturated carbocycles. The first kappa shape index (κ1) is 14.2. The van der Waals surface area contributed by atoms with Crippen LogP contribution in [0, 0.1) is 0 Å². The Kier molecular flexibility index (Phi) is 4.46. The van der Waals surface area contributed by atoms with Crippen molar-refractivity contribution in [2.24, 2.45) is 0 Å². The highest BCUT2D eigenvalue weighted by atomic mass is 16.3. The third kappa shape index (κ3) is 3.41. The second kappa shape index (κ2) is 6.29. The largest absolute Gasteiger partial charge is 0.508 e. The highest BCUT2D eigenvalue weighted by Crippen LogP contribution is 2.23. The van der Waals surface area contributed by atoms with Crippen LogP contribution in [0.3, 0.4) is 0 Å². The monoisotopic (exact) mass is 267 g/mol. The number of hydrogen-bond acceptors (Lipinski definition) is 1. The van der Waals surface area contributed by atoms with Crippen molar-refractivity contribution in [2.45, 2.75) is 27.3 Å². The summed E-state index contributed by atoms with van der Waals surface area (Å²) < 4.78 is 2.16. The Morgan fingerprint density at radius 1 is 1.20 bits per heavy atom. The Morgan fingerprint density at radius 2 is 2.00 bits per heavy atom. The molecule has 1 N–H and O–H groups in total. The Bertz CT molecular complexity index is 643. The predicted octanol–water partition coefficient (Wildman–Crippen LogP) is 5.04. The molecule has 0 aliphatic carbocycles. The van der Waals surface area contributed by atoms with Crippen LogP contribution in [0.2, 0.25) is 0 Å². The van der Waals surface area contributed by atoms with E-state index in [1.54, 1.807) is 6.08 Å². The molecule has 0 atom stereocenters. The molecule has 104 valence electrons. The lowest BCUT2D eigenvalue weighted by atomic mass is 10.0. The van der Waals surface area contributed by atoms with E-state index in [-0.39, 0.29) is 0 Å². The van der Waals surface area contributed by atoms with E-state index >= 15 is 0 Å². The second-order valence-corrected chi connectivity index (χ2v) is 5.13. The molecular weight excluding hydrogens is 246 g/mol. The average molecular weight is 267 g/mol. The van der Waals surface area contributed by atoms with E-state index in [1.807, 2.05) is 25.1 Å². The number of aromatic nitrogens is 1. The van der Waals surface area contributed by atoms with Crippen molar-refractivity contribution in [3.05, 3.63) is 66.0 Å². The molecule has 0 fully saturated rings. The van der Waals surface area contributed by atoms with Crippen LogP contribution in [0.25, 0.3) is 16.9 Å². The van der Waals surface area contributed by atoms with Gasteiger partial charge in [0.1, 0.15) is 5.76 Å². The van der Waals surface area contributed by atoms with E-state index in [9.17, 15) is 5.11 Å². The van der Waals surface area contributed by atoms with Gasteiger partial charge in [-0.25, -0.2) is 0 Å². The first-order valence-corrected chi connectivity index (χ1v) is 6.85. The molecule has 2 rings (SSSR count). The molecule has 0 aliphatic rings. The zero-order chi connectivity index (χ0) is 14.5. The summed E-state index contributed by atoms with van der Waals surface area (Å²) in [6.45, 7) is 6.93. The molecule has 20 heavy (non-hydrogen) atoms. The summed E-state index contributed by atoms with van der Waals surface area (Å²) in [6.07, 6.45) is 8.12. The van der Waals surface area contributed by atoms with E-state index in [1.165, 1.54) is 5.57 Å². The second-order valence-electron chi connectivity index (χ2n) is 5.13. The fourth-order valence-electron chi connectivity index (χ4n) is 2.04. The molecule has 1 heterocycles. The summed E-state index contributed by atoms with van der Waals surface area (Å²) in [5.41, 5.74) is 4.45. The van der Waals surface area contributed by atoms with E-state index in [2.05, 4.69) is 49.0 Å². The minimum Gasteiger partial charge on any atom is -0.508 e. The van der Waals surface area contributed by atoms with Crippen molar-refractivity contribution >= 4 is 5.76 Å². The van der Waals surface area contributed by atoms with Crippen molar-refractivity contribution < 1.29 is 5.11 Å². The first-order valence-electron chi connectivity index (χ1n) is 6.85. The molecular formula is C18H21NO. The van der Waals surface area contributed by atoms with Gasteiger partial charge in [0.2, 0.25) is 0 Å². The van der Waals surface area contributed by atoms with Crippen LogP contribution >= 0.6 is 0 Å². The summed E-state index contributed by atoms with van der Waals surface area (Å²) >= 11 is 0. The first-order chi connectivity index (χ1) is 9.60. The zero-order valence-corrected chi connectivity index (χ0v) is 12.3. The Balaban J connectivity index is 2.26. The normalized spacial score (nSPS) is 11.4. The predicted molar refractivity (Wildman–Crippen MR) is 85.6 cm³/mol. The van der Waals surface area contributed by atoms with Crippen molar-refractivity contribution in [3.8, 4) is 11.1 Å². The summed E-state index contributed by atoms with van der Waals surface area (Å²) in [6, 6.07) is 10.1. The van der Waals surface area contributed by atoms with Crippen LogP contribution < -0.4 is 0 Å². The smallest absolute Gasteiger partial charge is 0.118 e. The fraction of sp³-hybridized carbons (Fsp3) is 0.222. The van der Waals surface area contributed by atoms with E-state index < -0.39 is 0 Å².